The van der Waals surface area contributed by atoms with Crippen LogP contribution in [0.2, 0.25) is 0 Å². The predicted molar refractivity (Wildman–Crippen MR) is 76.8 cm³/mol. The number of hydrogen-bond acceptors (Lipinski definition) is 3. The molecule has 0 saturated heterocycles. The summed E-state index contributed by atoms with van der Waals surface area (Å²) in [6.45, 7) is 7.98. The van der Waals surface area contributed by atoms with E-state index in [0.29, 0.717) is 12.2 Å². The molecule has 2 rings (SSSR count). The summed E-state index contributed by atoms with van der Waals surface area (Å²) < 4.78 is 5.47. The van der Waals surface area contributed by atoms with E-state index in [1.807, 2.05) is 20.8 Å². The van der Waals surface area contributed by atoms with Crippen molar-refractivity contribution in [3.05, 3.63) is 40.1 Å². The van der Waals surface area contributed by atoms with Gasteiger partial charge in [0.05, 0.1) is 5.69 Å². The highest BCUT2D eigenvalue weighted by Crippen LogP contribution is 2.33. The summed E-state index contributed by atoms with van der Waals surface area (Å²) in [6, 6.07) is 4.20. The Bertz CT molecular complexity index is 633. The van der Waals surface area contributed by atoms with Crippen LogP contribution >= 0.6 is 0 Å². The molecule has 1 aromatic heterocycles. The SMILES string of the molecule is Cc1cc(C)c(-c2onc(C)c2CCC(=O)O)c(C)c1. The second-order valence-corrected chi connectivity index (χ2v) is 5.24. The van der Waals surface area contributed by atoms with Crippen LogP contribution in [0.25, 0.3) is 11.3 Å². The highest BCUT2D eigenvalue weighted by Gasteiger charge is 2.19. The molecule has 0 fully saturated rings. The Kier molecular flexibility index (Phi) is 3.93. The average molecular weight is 273 g/mol. The number of aryl methyl sites for hydroxylation is 4. The van der Waals surface area contributed by atoms with E-state index in [0.717, 1.165) is 27.9 Å². The highest BCUT2D eigenvalue weighted by atomic mass is 16.5. The van der Waals surface area contributed by atoms with Gasteiger partial charge in [-0.2, -0.15) is 0 Å². The number of carbonyl (C=O) groups is 1. The quantitative estimate of drug-likeness (QED) is 0.924. The zero-order valence-corrected chi connectivity index (χ0v) is 12.3. The lowest BCUT2D eigenvalue weighted by Gasteiger charge is -2.10. The van der Waals surface area contributed by atoms with Crippen LogP contribution in [0.4, 0.5) is 0 Å². The molecule has 0 bridgehead atoms. The molecule has 0 aliphatic rings. The number of carboxylic acid groups (broad SMARTS) is 1. The molecular weight excluding hydrogens is 254 g/mol. The van der Waals surface area contributed by atoms with Crippen molar-refractivity contribution in [1.29, 1.82) is 0 Å². The molecule has 106 valence electrons. The molecule has 1 N–H and O–H groups in total. The summed E-state index contributed by atoms with van der Waals surface area (Å²) in [5.41, 5.74) is 6.12. The van der Waals surface area contributed by atoms with Gasteiger partial charge in [0.15, 0.2) is 5.76 Å². The zero-order valence-electron chi connectivity index (χ0n) is 12.3. The standard InChI is InChI=1S/C16H19NO3/c1-9-7-10(2)15(11(3)8-9)16-13(5-6-14(18)19)12(4)17-20-16/h7-8H,5-6H2,1-4H3,(H,18,19). The fourth-order valence-corrected chi connectivity index (χ4v) is 2.65. The second kappa shape index (κ2) is 5.49. The fourth-order valence-electron chi connectivity index (χ4n) is 2.65. The second-order valence-electron chi connectivity index (χ2n) is 5.24. The molecule has 1 heterocycles. The minimum absolute atomic E-state index is 0.0824. The average Bonchev–Trinajstić information content (AvgIpc) is 2.67. The number of hydrogen-bond donors (Lipinski definition) is 1. The molecule has 20 heavy (non-hydrogen) atoms. The van der Waals surface area contributed by atoms with E-state index in [-0.39, 0.29) is 6.42 Å². The van der Waals surface area contributed by atoms with Gasteiger partial charge in [-0.1, -0.05) is 22.9 Å². The van der Waals surface area contributed by atoms with E-state index < -0.39 is 5.97 Å². The van der Waals surface area contributed by atoms with E-state index >= 15 is 0 Å². The van der Waals surface area contributed by atoms with Crippen LogP contribution in [0.5, 0.6) is 0 Å². The Balaban J connectivity index is 2.51. The van der Waals surface area contributed by atoms with Crippen molar-refractivity contribution >= 4 is 5.97 Å². The van der Waals surface area contributed by atoms with Gasteiger partial charge in [0.2, 0.25) is 0 Å². The molecule has 0 amide bonds. The van der Waals surface area contributed by atoms with E-state index in [2.05, 4.69) is 24.2 Å². The van der Waals surface area contributed by atoms with Crippen LogP contribution < -0.4 is 0 Å². The molecule has 4 nitrogen and oxygen atoms in total. The summed E-state index contributed by atoms with van der Waals surface area (Å²) in [4.78, 5) is 10.8. The summed E-state index contributed by atoms with van der Waals surface area (Å²) in [5, 5.41) is 12.9. The largest absolute Gasteiger partial charge is 0.481 e. The lowest BCUT2D eigenvalue weighted by Crippen LogP contribution is -2.00. The molecule has 1 aromatic carbocycles. The first-order valence-corrected chi connectivity index (χ1v) is 6.65. The molecule has 0 radical (unpaired) electrons. The molecule has 0 unspecified atom stereocenters. The number of aliphatic carboxylic acids is 1. The predicted octanol–water partition coefficient (Wildman–Crippen LogP) is 3.59. The number of carboxylic acids is 1. The van der Waals surface area contributed by atoms with E-state index in [9.17, 15) is 4.79 Å². The Morgan fingerprint density at radius 1 is 1.20 bits per heavy atom. The highest BCUT2D eigenvalue weighted by molar-refractivity contribution is 5.72. The van der Waals surface area contributed by atoms with Gasteiger partial charge in [-0.3, -0.25) is 4.79 Å². The Labute approximate surface area is 118 Å². The number of aromatic nitrogens is 1. The Hall–Kier alpha value is -2.10. The minimum Gasteiger partial charge on any atom is -0.481 e. The summed E-state index contributed by atoms with van der Waals surface area (Å²) in [6.07, 6.45) is 0.520. The summed E-state index contributed by atoms with van der Waals surface area (Å²) in [7, 11) is 0. The van der Waals surface area contributed by atoms with Gasteiger partial charge in [-0.15, -0.1) is 0 Å². The first kappa shape index (κ1) is 14.3. The third kappa shape index (κ3) is 2.74. The molecule has 4 heteroatoms. The monoisotopic (exact) mass is 273 g/mol. The van der Waals surface area contributed by atoms with Gasteiger partial charge in [-0.25, -0.2) is 0 Å². The van der Waals surface area contributed by atoms with Crippen LogP contribution in [0.15, 0.2) is 16.7 Å². The van der Waals surface area contributed by atoms with E-state index in [1.165, 1.54) is 5.56 Å². The lowest BCUT2D eigenvalue weighted by atomic mass is 9.94. The van der Waals surface area contributed by atoms with Crippen molar-refractivity contribution in [2.75, 3.05) is 0 Å². The van der Waals surface area contributed by atoms with Crippen molar-refractivity contribution in [3.63, 3.8) is 0 Å². The van der Waals surface area contributed by atoms with E-state index in [1.54, 1.807) is 0 Å². The van der Waals surface area contributed by atoms with Gasteiger partial charge < -0.3 is 9.63 Å². The van der Waals surface area contributed by atoms with Crippen LogP contribution in [0.1, 0.15) is 34.4 Å². The van der Waals surface area contributed by atoms with Crippen LogP contribution in [-0.2, 0) is 11.2 Å². The molecule has 2 aromatic rings. The third-order valence-corrected chi connectivity index (χ3v) is 3.48. The molecule has 0 atom stereocenters. The van der Waals surface area contributed by atoms with Crippen LogP contribution in [-0.4, -0.2) is 16.2 Å². The van der Waals surface area contributed by atoms with Gasteiger partial charge >= 0.3 is 5.97 Å². The molecule has 0 aliphatic carbocycles. The number of rotatable bonds is 4. The smallest absolute Gasteiger partial charge is 0.303 e. The summed E-state index contributed by atoms with van der Waals surface area (Å²) >= 11 is 0. The van der Waals surface area contributed by atoms with E-state index in [4.69, 9.17) is 9.63 Å². The maximum absolute atomic E-state index is 10.8. The molecule has 0 spiro atoms. The first-order chi connectivity index (χ1) is 9.40. The minimum atomic E-state index is -0.811. The maximum Gasteiger partial charge on any atom is 0.303 e. The number of nitrogens with zero attached hydrogens (tertiary/aromatic N) is 1. The van der Waals surface area contributed by atoms with Crippen molar-refractivity contribution < 1.29 is 14.4 Å². The van der Waals surface area contributed by atoms with Crippen molar-refractivity contribution in [2.24, 2.45) is 0 Å². The van der Waals surface area contributed by atoms with Crippen LogP contribution in [0.3, 0.4) is 0 Å². The van der Waals surface area contributed by atoms with Crippen LogP contribution in [0, 0.1) is 27.7 Å². The van der Waals surface area contributed by atoms with Crippen molar-refractivity contribution in [3.8, 4) is 11.3 Å². The first-order valence-electron chi connectivity index (χ1n) is 6.65. The Morgan fingerprint density at radius 2 is 1.80 bits per heavy atom. The van der Waals surface area contributed by atoms with Gasteiger partial charge in [-0.05, 0) is 45.2 Å². The van der Waals surface area contributed by atoms with Gasteiger partial charge in [0, 0.05) is 17.5 Å². The Morgan fingerprint density at radius 3 is 2.35 bits per heavy atom. The maximum atomic E-state index is 10.8. The molecule has 0 saturated carbocycles. The van der Waals surface area contributed by atoms with Crippen molar-refractivity contribution in [2.45, 2.75) is 40.5 Å². The molecular formula is C16H19NO3. The van der Waals surface area contributed by atoms with Crippen molar-refractivity contribution in [1.82, 2.24) is 5.16 Å². The zero-order chi connectivity index (χ0) is 14.9. The van der Waals surface area contributed by atoms with Gasteiger partial charge in [0.25, 0.3) is 0 Å². The van der Waals surface area contributed by atoms with Gasteiger partial charge in [0.1, 0.15) is 0 Å². The molecule has 0 aliphatic heterocycles. The third-order valence-electron chi connectivity index (χ3n) is 3.48. The summed E-state index contributed by atoms with van der Waals surface area (Å²) in [5.74, 6) is -0.104. The normalized spacial score (nSPS) is 10.8. The lowest BCUT2D eigenvalue weighted by molar-refractivity contribution is -0.136. The topological polar surface area (TPSA) is 63.3 Å². The number of benzene rings is 1. The fraction of sp³-hybridized carbons (Fsp3) is 0.375.